The molecular formula is C17H21N3O4. The van der Waals surface area contributed by atoms with E-state index >= 15 is 0 Å². The predicted molar refractivity (Wildman–Crippen MR) is 88.8 cm³/mol. The molecule has 2 aromatic rings. The van der Waals surface area contributed by atoms with Crippen LogP contribution in [0.15, 0.2) is 27.4 Å². The van der Waals surface area contributed by atoms with Crippen LogP contribution in [-0.2, 0) is 11.8 Å². The van der Waals surface area contributed by atoms with Crippen molar-refractivity contribution in [1.29, 1.82) is 0 Å². The standard InChI is InChI=1S/C17H21N3O4/c1-3-15(21)19-7-4-8-20(10-9-19)16(22)12-5-6-14-13(11-12)18(2)17(23)24-14/h5-6,11H,3-4,7-10H2,1-2H3. The lowest BCUT2D eigenvalue weighted by Gasteiger charge is -2.22. The quantitative estimate of drug-likeness (QED) is 0.829. The third-order valence-electron chi connectivity index (χ3n) is 4.48. The molecular weight excluding hydrogens is 310 g/mol. The van der Waals surface area contributed by atoms with Gasteiger partial charge in [0.2, 0.25) is 5.91 Å². The van der Waals surface area contributed by atoms with Crippen LogP contribution in [0.4, 0.5) is 0 Å². The maximum absolute atomic E-state index is 12.8. The van der Waals surface area contributed by atoms with Gasteiger partial charge in [0, 0.05) is 45.2 Å². The Morgan fingerprint density at radius 3 is 2.58 bits per heavy atom. The van der Waals surface area contributed by atoms with Gasteiger partial charge in [-0.15, -0.1) is 0 Å². The fraction of sp³-hybridized carbons (Fsp3) is 0.471. The molecule has 0 radical (unpaired) electrons. The summed E-state index contributed by atoms with van der Waals surface area (Å²) in [6.07, 6.45) is 1.25. The fourth-order valence-electron chi connectivity index (χ4n) is 3.04. The number of benzene rings is 1. The van der Waals surface area contributed by atoms with E-state index in [4.69, 9.17) is 4.42 Å². The van der Waals surface area contributed by atoms with Gasteiger partial charge in [-0.05, 0) is 24.6 Å². The summed E-state index contributed by atoms with van der Waals surface area (Å²) in [4.78, 5) is 39.7. The number of carbonyl (C=O) groups excluding carboxylic acids is 2. The Morgan fingerprint density at radius 2 is 1.83 bits per heavy atom. The zero-order valence-electron chi connectivity index (χ0n) is 13.9. The second-order valence-electron chi connectivity index (χ2n) is 5.99. The molecule has 7 heteroatoms. The first-order valence-corrected chi connectivity index (χ1v) is 8.18. The normalized spacial score (nSPS) is 15.6. The fourth-order valence-corrected chi connectivity index (χ4v) is 3.04. The first kappa shape index (κ1) is 16.3. The van der Waals surface area contributed by atoms with Gasteiger partial charge in [0.1, 0.15) is 0 Å². The minimum atomic E-state index is -0.446. The van der Waals surface area contributed by atoms with Gasteiger partial charge >= 0.3 is 5.76 Å². The molecule has 2 heterocycles. The summed E-state index contributed by atoms with van der Waals surface area (Å²) in [5.74, 6) is -0.409. The number of nitrogens with zero attached hydrogens (tertiary/aromatic N) is 3. The molecule has 1 aromatic heterocycles. The zero-order chi connectivity index (χ0) is 17.3. The largest absolute Gasteiger partial charge is 0.419 e. The summed E-state index contributed by atoms with van der Waals surface area (Å²) in [5.41, 5.74) is 1.59. The highest BCUT2D eigenvalue weighted by Crippen LogP contribution is 2.17. The van der Waals surface area contributed by atoms with E-state index in [0.717, 1.165) is 6.42 Å². The summed E-state index contributed by atoms with van der Waals surface area (Å²) in [5, 5.41) is 0. The first-order chi connectivity index (χ1) is 11.5. The molecule has 0 unspecified atom stereocenters. The van der Waals surface area contributed by atoms with Gasteiger partial charge in [-0.25, -0.2) is 4.79 Å². The molecule has 1 aliphatic rings. The highest BCUT2D eigenvalue weighted by atomic mass is 16.4. The molecule has 0 bridgehead atoms. The van der Waals surface area contributed by atoms with Gasteiger partial charge in [0.15, 0.2) is 5.58 Å². The molecule has 24 heavy (non-hydrogen) atoms. The highest BCUT2D eigenvalue weighted by Gasteiger charge is 2.22. The minimum Gasteiger partial charge on any atom is -0.408 e. The van der Waals surface area contributed by atoms with E-state index in [2.05, 4.69) is 0 Å². The third kappa shape index (κ3) is 2.93. The molecule has 1 aromatic carbocycles. The van der Waals surface area contributed by atoms with E-state index in [1.165, 1.54) is 4.57 Å². The molecule has 0 atom stereocenters. The van der Waals surface area contributed by atoms with Crippen molar-refractivity contribution in [2.75, 3.05) is 26.2 Å². The van der Waals surface area contributed by atoms with Crippen LogP contribution in [0.1, 0.15) is 30.1 Å². The van der Waals surface area contributed by atoms with Crippen molar-refractivity contribution in [3.05, 3.63) is 34.3 Å². The SMILES string of the molecule is CCC(=O)N1CCCN(C(=O)c2ccc3oc(=O)n(C)c3c2)CC1. The number of hydrogen-bond donors (Lipinski definition) is 0. The zero-order valence-corrected chi connectivity index (χ0v) is 13.9. The number of amides is 2. The third-order valence-corrected chi connectivity index (χ3v) is 4.48. The Kier molecular flexibility index (Phi) is 4.42. The number of rotatable bonds is 2. The van der Waals surface area contributed by atoms with Gasteiger partial charge in [-0.2, -0.15) is 0 Å². The summed E-state index contributed by atoms with van der Waals surface area (Å²) in [6, 6.07) is 5.00. The molecule has 7 nitrogen and oxygen atoms in total. The van der Waals surface area contributed by atoms with Crippen molar-refractivity contribution in [2.24, 2.45) is 7.05 Å². The molecule has 0 aliphatic carbocycles. The van der Waals surface area contributed by atoms with Crippen molar-refractivity contribution >= 4 is 22.9 Å². The van der Waals surface area contributed by atoms with Crippen molar-refractivity contribution in [1.82, 2.24) is 14.4 Å². The smallest absolute Gasteiger partial charge is 0.408 e. The Hall–Kier alpha value is -2.57. The van der Waals surface area contributed by atoms with Crippen LogP contribution in [0.3, 0.4) is 0 Å². The summed E-state index contributed by atoms with van der Waals surface area (Å²) >= 11 is 0. The average molecular weight is 331 g/mol. The summed E-state index contributed by atoms with van der Waals surface area (Å²) in [6.45, 7) is 4.23. The minimum absolute atomic E-state index is 0.0867. The van der Waals surface area contributed by atoms with Crippen LogP contribution in [0.2, 0.25) is 0 Å². The topological polar surface area (TPSA) is 75.8 Å². The Balaban J connectivity index is 1.80. The lowest BCUT2D eigenvalue weighted by atomic mass is 10.1. The van der Waals surface area contributed by atoms with E-state index < -0.39 is 5.76 Å². The lowest BCUT2D eigenvalue weighted by Crippen LogP contribution is -2.37. The molecule has 1 fully saturated rings. The van der Waals surface area contributed by atoms with Gasteiger partial charge in [-0.3, -0.25) is 14.2 Å². The van der Waals surface area contributed by atoms with Crippen LogP contribution in [-0.4, -0.2) is 52.4 Å². The van der Waals surface area contributed by atoms with Gasteiger partial charge in [0.25, 0.3) is 5.91 Å². The van der Waals surface area contributed by atoms with Crippen LogP contribution in [0, 0.1) is 0 Å². The van der Waals surface area contributed by atoms with Crippen molar-refractivity contribution < 1.29 is 14.0 Å². The van der Waals surface area contributed by atoms with Crippen LogP contribution >= 0.6 is 0 Å². The van der Waals surface area contributed by atoms with Gasteiger partial charge in [-0.1, -0.05) is 6.92 Å². The monoisotopic (exact) mass is 331 g/mol. The summed E-state index contributed by atoms with van der Waals surface area (Å²) in [7, 11) is 1.61. The van der Waals surface area contributed by atoms with Crippen molar-refractivity contribution in [3.8, 4) is 0 Å². The van der Waals surface area contributed by atoms with Crippen LogP contribution in [0.25, 0.3) is 11.1 Å². The first-order valence-electron chi connectivity index (χ1n) is 8.18. The van der Waals surface area contributed by atoms with Crippen molar-refractivity contribution in [3.63, 3.8) is 0 Å². The second-order valence-corrected chi connectivity index (χ2v) is 5.99. The van der Waals surface area contributed by atoms with E-state index in [-0.39, 0.29) is 11.8 Å². The molecule has 128 valence electrons. The van der Waals surface area contributed by atoms with E-state index in [9.17, 15) is 14.4 Å². The molecule has 3 rings (SSSR count). The van der Waals surface area contributed by atoms with E-state index in [0.29, 0.717) is 49.3 Å². The highest BCUT2D eigenvalue weighted by molar-refractivity contribution is 5.97. The molecule has 1 aliphatic heterocycles. The number of aryl methyl sites for hydroxylation is 1. The number of aromatic nitrogens is 1. The van der Waals surface area contributed by atoms with Gasteiger partial charge < -0.3 is 14.2 Å². The number of oxazole rings is 1. The molecule has 0 saturated carbocycles. The molecule has 0 spiro atoms. The summed E-state index contributed by atoms with van der Waals surface area (Å²) < 4.78 is 6.48. The average Bonchev–Trinajstić information content (AvgIpc) is 2.78. The number of hydrogen-bond acceptors (Lipinski definition) is 4. The van der Waals surface area contributed by atoms with E-state index in [1.807, 2.05) is 11.8 Å². The Morgan fingerprint density at radius 1 is 1.12 bits per heavy atom. The molecule has 2 amide bonds. The van der Waals surface area contributed by atoms with Crippen LogP contribution in [0.5, 0.6) is 0 Å². The maximum atomic E-state index is 12.8. The Labute approximate surface area is 139 Å². The second kappa shape index (κ2) is 6.51. The van der Waals surface area contributed by atoms with Gasteiger partial charge in [0.05, 0.1) is 5.52 Å². The number of carbonyl (C=O) groups is 2. The predicted octanol–water partition coefficient (Wildman–Crippen LogP) is 1.22. The lowest BCUT2D eigenvalue weighted by molar-refractivity contribution is -0.130. The number of fused-ring (bicyclic) bond motifs is 1. The van der Waals surface area contributed by atoms with E-state index in [1.54, 1.807) is 30.1 Å². The van der Waals surface area contributed by atoms with Crippen molar-refractivity contribution in [2.45, 2.75) is 19.8 Å². The Bertz CT molecular complexity index is 836. The maximum Gasteiger partial charge on any atom is 0.419 e. The molecule has 0 N–H and O–H groups in total. The molecule has 1 saturated heterocycles. The van der Waals surface area contributed by atoms with Crippen LogP contribution < -0.4 is 5.76 Å².